The van der Waals surface area contributed by atoms with E-state index in [0.29, 0.717) is 30.9 Å². The van der Waals surface area contributed by atoms with Crippen LogP contribution in [0.5, 0.6) is 0 Å². The first-order chi connectivity index (χ1) is 12.6. The molecule has 2 N–H and O–H groups in total. The Balaban J connectivity index is 1.85. The van der Waals surface area contributed by atoms with Crippen molar-refractivity contribution in [3.63, 3.8) is 0 Å². The minimum atomic E-state index is -0.0379. The van der Waals surface area contributed by atoms with Crippen LogP contribution in [0, 0.1) is 6.92 Å². The topological polar surface area (TPSA) is 57.4 Å². The zero-order valence-electron chi connectivity index (χ0n) is 15.5. The summed E-state index contributed by atoms with van der Waals surface area (Å²) in [5.41, 5.74) is 2.77. The fourth-order valence-corrected chi connectivity index (χ4v) is 3.93. The predicted molar refractivity (Wildman–Crippen MR) is 110 cm³/mol. The number of hydrogen-bond acceptors (Lipinski definition) is 3. The molecule has 0 bridgehead atoms. The molecular weight excluding hydrogens is 346 g/mol. The van der Waals surface area contributed by atoms with Crippen molar-refractivity contribution in [1.82, 2.24) is 15.2 Å². The van der Waals surface area contributed by atoms with Gasteiger partial charge in [-0.25, -0.2) is 0 Å². The summed E-state index contributed by atoms with van der Waals surface area (Å²) < 4.78 is 5.10. The molecule has 0 atom stereocenters. The van der Waals surface area contributed by atoms with Crippen LogP contribution in [0.25, 0.3) is 10.9 Å². The lowest BCUT2D eigenvalue weighted by atomic mass is 10.1. The quantitative estimate of drug-likeness (QED) is 0.602. The number of H-pyrrole nitrogens is 1. The molecule has 2 aromatic rings. The van der Waals surface area contributed by atoms with E-state index in [4.69, 9.17) is 17.0 Å². The van der Waals surface area contributed by atoms with Gasteiger partial charge >= 0.3 is 0 Å². The zero-order valence-corrected chi connectivity index (χ0v) is 16.3. The number of aryl methyl sites for hydroxylation is 1. The van der Waals surface area contributed by atoms with Crippen LogP contribution in [-0.2, 0) is 11.3 Å². The maximum atomic E-state index is 12.6. The van der Waals surface area contributed by atoms with E-state index in [0.717, 1.165) is 29.3 Å². The molecule has 0 aliphatic heterocycles. The molecule has 1 aromatic heterocycles. The summed E-state index contributed by atoms with van der Waals surface area (Å²) in [5, 5.41) is 5.03. The van der Waals surface area contributed by atoms with Crippen LogP contribution in [0.4, 0.5) is 0 Å². The number of rotatable bonds is 6. The number of aromatic amines is 1. The maximum Gasteiger partial charge on any atom is 0.253 e. The van der Waals surface area contributed by atoms with Crippen molar-refractivity contribution in [3.8, 4) is 0 Å². The third kappa shape index (κ3) is 4.43. The van der Waals surface area contributed by atoms with Gasteiger partial charge in [-0.2, -0.15) is 0 Å². The van der Waals surface area contributed by atoms with Crippen molar-refractivity contribution in [3.05, 3.63) is 45.7 Å². The van der Waals surface area contributed by atoms with Gasteiger partial charge in [0.15, 0.2) is 5.11 Å². The van der Waals surface area contributed by atoms with Crippen LogP contribution >= 0.6 is 12.2 Å². The molecule has 1 saturated carbocycles. The summed E-state index contributed by atoms with van der Waals surface area (Å²) in [6, 6.07) is 8.47. The summed E-state index contributed by atoms with van der Waals surface area (Å²) >= 11 is 5.63. The number of fused-ring (bicyclic) bond motifs is 1. The van der Waals surface area contributed by atoms with Crippen molar-refractivity contribution in [2.45, 2.75) is 45.2 Å². The minimum Gasteiger partial charge on any atom is -0.383 e. The smallest absolute Gasteiger partial charge is 0.253 e. The Morgan fingerprint density at radius 3 is 2.85 bits per heavy atom. The van der Waals surface area contributed by atoms with Crippen LogP contribution in [0.2, 0.25) is 0 Å². The molecule has 0 saturated heterocycles. The van der Waals surface area contributed by atoms with E-state index >= 15 is 0 Å². The second kappa shape index (κ2) is 8.64. The van der Waals surface area contributed by atoms with E-state index < -0.39 is 0 Å². The highest BCUT2D eigenvalue weighted by atomic mass is 32.1. The lowest BCUT2D eigenvalue weighted by Crippen LogP contribution is -2.46. The second-order valence-electron chi connectivity index (χ2n) is 7.01. The highest BCUT2D eigenvalue weighted by Crippen LogP contribution is 2.25. The molecule has 5 nitrogen and oxygen atoms in total. The zero-order chi connectivity index (χ0) is 18.5. The first-order valence-electron chi connectivity index (χ1n) is 9.24. The Labute approximate surface area is 159 Å². The van der Waals surface area contributed by atoms with E-state index in [1.165, 1.54) is 18.4 Å². The molecule has 0 unspecified atom stereocenters. The molecule has 1 heterocycles. The molecule has 6 heteroatoms. The lowest BCUT2D eigenvalue weighted by molar-refractivity contribution is 0.201. The van der Waals surface area contributed by atoms with Gasteiger partial charge in [-0.05, 0) is 55.6 Å². The molecule has 1 fully saturated rings. The number of benzene rings is 1. The first-order valence-corrected chi connectivity index (χ1v) is 9.65. The van der Waals surface area contributed by atoms with Crippen LogP contribution < -0.4 is 10.9 Å². The normalized spacial score (nSPS) is 14.7. The number of nitrogens with zero attached hydrogens (tertiary/aromatic N) is 1. The molecule has 3 rings (SSSR count). The largest absolute Gasteiger partial charge is 0.383 e. The Morgan fingerprint density at radius 1 is 1.35 bits per heavy atom. The van der Waals surface area contributed by atoms with Crippen molar-refractivity contribution in [1.29, 1.82) is 0 Å². The number of nitrogens with one attached hydrogen (secondary N) is 2. The summed E-state index contributed by atoms with van der Waals surface area (Å²) in [7, 11) is 1.68. The number of pyridine rings is 1. The standard InChI is InChI=1S/C20H27N3O2S/c1-14-7-8-18-15(11-14)12-16(19(24)22-18)13-23(17-5-3-4-6-17)20(26)21-9-10-25-2/h7-8,11-12,17H,3-6,9-10,13H2,1-2H3,(H,21,26)(H,22,24). The summed E-state index contributed by atoms with van der Waals surface area (Å²) in [6.07, 6.45) is 4.68. The van der Waals surface area contributed by atoms with E-state index in [1.54, 1.807) is 7.11 Å². The average molecular weight is 374 g/mol. The molecule has 1 aromatic carbocycles. The molecule has 1 aliphatic rings. The van der Waals surface area contributed by atoms with Crippen molar-refractivity contribution >= 4 is 28.2 Å². The van der Waals surface area contributed by atoms with Gasteiger partial charge in [-0.3, -0.25) is 4.79 Å². The third-order valence-corrected chi connectivity index (χ3v) is 5.40. The molecule has 1 aliphatic carbocycles. The summed E-state index contributed by atoms with van der Waals surface area (Å²) in [6.45, 7) is 3.87. The molecule has 0 spiro atoms. The minimum absolute atomic E-state index is 0.0379. The van der Waals surface area contributed by atoms with Gasteiger partial charge < -0.3 is 19.9 Å². The fourth-order valence-electron chi connectivity index (χ4n) is 3.62. The number of methoxy groups -OCH3 is 1. The average Bonchev–Trinajstić information content (AvgIpc) is 3.14. The fraction of sp³-hybridized carbons (Fsp3) is 0.500. The Bertz CT molecular complexity index is 827. The highest BCUT2D eigenvalue weighted by molar-refractivity contribution is 7.80. The Hall–Kier alpha value is -1.92. The van der Waals surface area contributed by atoms with Crippen LogP contribution in [0.1, 0.15) is 36.8 Å². The van der Waals surface area contributed by atoms with Gasteiger partial charge in [0.25, 0.3) is 5.56 Å². The van der Waals surface area contributed by atoms with E-state index in [2.05, 4.69) is 28.2 Å². The van der Waals surface area contributed by atoms with Gasteiger partial charge in [0, 0.05) is 30.8 Å². The molecule has 26 heavy (non-hydrogen) atoms. The Morgan fingerprint density at radius 2 is 2.12 bits per heavy atom. The monoisotopic (exact) mass is 373 g/mol. The van der Waals surface area contributed by atoms with Crippen molar-refractivity contribution < 1.29 is 4.74 Å². The molecule has 0 radical (unpaired) electrons. The van der Waals surface area contributed by atoms with Gasteiger partial charge in [0.05, 0.1) is 13.2 Å². The maximum absolute atomic E-state index is 12.6. The summed E-state index contributed by atoms with van der Waals surface area (Å²) in [4.78, 5) is 17.8. The van der Waals surface area contributed by atoms with E-state index in [1.807, 2.05) is 18.2 Å². The third-order valence-electron chi connectivity index (χ3n) is 5.03. The van der Waals surface area contributed by atoms with E-state index in [9.17, 15) is 4.79 Å². The van der Waals surface area contributed by atoms with Crippen LogP contribution in [0.3, 0.4) is 0 Å². The lowest BCUT2D eigenvalue weighted by Gasteiger charge is -2.31. The number of hydrogen-bond donors (Lipinski definition) is 2. The molecule has 140 valence electrons. The number of aromatic nitrogens is 1. The summed E-state index contributed by atoms with van der Waals surface area (Å²) in [5.74, 6) is 0. The van der Waals surface area contributed by atoms with Crippen LogP contribution in [-0.4, -0.2) is 41.3 Å². The predicted octanol–water partition coefficient (Wildman–Crippen LogP) is 3.10. The van der Waals surface area contributed by atoms with Gasteiger partial charge in [0.1, 0.15) is 0 Å². The highest BCUT2D eigenvalue weighted by Gasteiger charge is 2.25. The molecule has 0 amide bonds. The Kier molecular flexibility index (Phi) is 6.27. The SMILES string of the molecule is COCCNC(=S)N(Cc1cc2cc(C)ccc2[nH]c1=O)C1CCCC1. The number of ether oxygens (including phenoxy) is 1. The van der Waals surface area contributed by atoms with Crippen LogP contribution in [0.15, 0.2) is 29.1 Å². The second-order valence-corrected chi connectivity index (χ2v) is 7.39. The van der Waals surface area contributed by atoms with Crippen molar-refractivity contribution in [2.75, 3.05) is 20.3 Å². The van der Waals surface area contributed by atoms with Gasteiger partial charge in [-0.15, -0.1) is 0 Å². The number of thiocarbonyl (C=S) groups is 1. The van der Waals surface area contributed by atoms with Gasteiger partial charge in [-0.1, -0.05) is 24.5 Å². The molecular formula is C20H27N3O2S. The van der Waals surface area contributed by atoms with E-state index in [-0.39, 0.29) is 5.56 Å². The van der Waals surface area contributed by atoms with Crippen molar-refractivity contribution in [2.24, 2.45) is 0 Å². The first kappa shape index (κ1) is 18.9. The van der Waals surface area contributed by atoms with Gasteiger partial charge in [0.2, 0.25) is 0 Å².